The van der Waals surface area contributed by atoms with Crippen LogP contribution in [0.5, 0.6) is 0 Å². The fourth-order valence-electron chi connectivity index (χ4n) is 2.28. The van der Waals surface area contributed by atoms with E-state index < -0.39 is 17.7 Å². The molecule has 0 N–H and O–H groups in total. The first-order chi connectivity index (χ1) is 9.38. The lowest BCUT2D eigenvalue weighted by molar-refractivity contribution is -0.122. The van der Waals surface area contributed by atoms with Crippen LogP contribution in [-0.4, -0.2) is 12.0 Å². The van der Waals surface area contributed by atoms with Gasteiger partial charge in [0.1, 0.15) is 5.78 Å². The third-order valence-electron chi connectivity index (χ3n) is 3.41. The number of ketones is 1. The van der Waals surface area contributed by atoms with Gasteiger partial charge < -0.3 is 0 Å². The molecule has 0 radical (unpaired) electrons. The van der Waals surface area contributed by atoms with Gasteiger partial charge in [-0.25, -0.2) is 0 Å². The monoisotopic (exact) mass is 300 g/mol. The summed E-state index contributed by atoms with van der Waals surface area (Å²) in [6, 6.07) is 9.02. The van der Waals surface area contributed by atoms with Gasteiger partial charge in [0.15, 0.2) is 0 Å². The molecule has 0 saturated carbocycles. The maximum absolute atomic E-state index is 13.1. The zero-order valence-electron chi connectivity index (χ0n) is 11.0. The van der Waals surface area contributed by atoms with Crippen molar-refractivity contribution in [2.45, 2.75) is 37.3 Å². The Morgan fingerprint density at radius 2 is 1.90 bits per heavy atom. The van der Waals surface area contributed by atoms with Crippen molar-refractivity contribution in [3.05, 3.63) is 40.8 Å². The van der Waals surface area contributed by atoms with Crippen LogP contribution in [0.15, 0.2) is 45.7 Å². The quantitative estimate of drug-likeness (QED) is 0.782. The second-order valence-electron chi connectivity index (χ2n) is 4.86. The smallest absolute Gasteiger partial charge is 0.300 e. The maximum Gasteiger partial charge on any atom is 0.413 e. The molecule has 0 aliphatic heterocycles. The molecule has 0 fully saturated rings. The fourth-order valence-corrected chi connectivity index (χ4v) is 3.40. The Morgan fingerprint density at radius 3 is 2.45 bits per heavy atom. The minimum absolute atomic E-state index is 0.157. The summed E-state index contributed by atoms with van der Waals surface area (Å²) < 4.78 is 39.4. The standard InChI is InChI=1S/C15H15F3OS/c1-10(19)11-7-8-14(13(9-11)15(16,17)18)20-12-5-3-2-4-6-12/h2-6,11H,7-9H2,1H3. The number of allylic oxidation sites excluding steroid dienone is 2. The van der Waals surface area contributed by atoms with E-state index in [-0.39, 0.29) is 12.2 Å². The summed E-state index contributed by atoms with van der Waals surface area (Å²) >= 11 is 1.16. The highest BCUT2D eigenvalue weighted by Crippen LogP contribution is 2.45. The van der Waals surface area contributed by atoms with Gasteiger partial charge >= 0.3 is 6.18 Å². The molecule has 1 aromatic rings. The molecular weight excluding hydrogens is 285 g/mol. The van der Waals surface area contributed by atoms with Crippen molar-refractivity contribution in [1.82, 2.24) is 0 Å². The van der Waals surface area contributed by atoms with Crippen LogP contribution in [0.2, 0.25) is 0 Å². The largest absolute Gasteiger partial charge is 0.413 e. The van der Waals surface area contributed by atoms with Crippen molar-refractivity contribution in [2.24, 2.45) is 5.92 Å². The van der Waals surface area contributed by atoms with E-state index in [4.69, 9.17) is 0 Å². The number of thioether (sulfide) groups is 1. The zero-order valence-corrected chi connectivity index (χ0v) is 11.9. The number of hydrogen-bond acceptors (Lipinski definition) is 2. The van der Waals surface area contributed by atoms with E-state index in [1.165, 1.54) is 6.92 Å². The minimum Gasteiger partial charge on any atom is -0.300 e. The predicted octanol–water partition coefficient (Wildman–Crippen LogP) is 4.98. The highest BCUT2D eigenvalue weighted by molar-refractivity contribution is 8.03. The number of rotatable bonds is 3. The molecule has 108 valence electrons. The number of halogens is 3. The lowest BCUT2D eigenvalue weighted by atomic mass is 9.86. The van der Waals surface area contributed by atoms with E-state index in [1.807, 2.05) is 6.07 Å². The summed E-state index contributed by atoms with van der Waals surface area (Å²) in [7, 11) is 0. The Bertz CT molecular complexity index is 520. The zero-order chi connectivity index (χ0) is 14.8. The number of alkyl halides is 3. The van der Waals surface area contributed by atoms with Crippen LogP contribution in [0.1, 0.15) is 26.2 Å². The second-order valence-corrected chi connectivity index (χ2v) is 6.03. The van der Waals surface area contributed by atoms with Crippen LogP contribution in [0.4, 0.5) is 13.2 Å². The third kappa shape index (κ3) is 3.66. The molecule has 0 spiro atoms. The van der Waals surface area contributed by atoms with E-state index in [0.717, 1.165) is 16.7 Å². The Morgan fingerprint density at radius 1 is 1.25 bits per heavy atom. The molecule has 0 aromatic heterocycles. The molecule has 0 heterocycles. The van der Waals surface area contributed by atoms with Crippen molar-refractivity contribution in [3.8, 4) is 0 Å². The van der Waals surface area contributed by atoms with E-state index >= 15 is 0 Å². The van der Waals surface area contributed by atoms with E-state index in [1.54, 1.807) is 24.3 Å². The molecule has 1 atom stereocenters. The first-order valence-corrected chi connectivity index (χ1v) is 7.22. The summed E-state index contributed by atoms with van der Waals surface area (Å²) in [5, 5.41) is 0. The minimum atomic E-state index is -4.36. The van der Waals surface area contributed by atoms with E-state index in [0.29, 0.717) is 17.7 Å². The van der Waals surface area contributed by atoms with Gasteiger partial charge in [-0.15, -0.1) is 0 Å². The van der Waals surface area contributed by atoms with Crippen molar-refractivity contribution in [3.63, 3.8) is 0 Å². The highest BCUT2D eigenvalue weighted by atomic mass is 32.2. The molecule has 20 heavy (non-hydrogen) atoms. The number of Topliss-reactive ketones (excluding diaryl/α,β-unsaturated/α-hetero) is 1. The Kier molecular flexibility index (Phi) is 4.58. The topological polar surface area (TPSA) is 17.1 Å². The molecule has 1 nitrogen and oxygen atoms in total. The summed E-state index contributed by atoms with van der Waals surface area (Å²) in [5.41, 5.74) is -0.530. The van der Waals surface area contributed by atoms with Crippen molar-refractivity contribution in [1.29, 1.82) is 0 Å². The normalized spacial score (nSPS) is 20.1. The van der Waals surface area contributed by atoms with Crippen LogP contribution in [-0.2, 0) is 4.79 Å². The third-order valence-corrected chi connectivity index (χ3v) is 4.61. The van der Waals surface area contributed by atoms with Crippen LogP contribution in [0.3, 0.4) is 0 Å². The van der Waals surface area contributed by atoms with Crippen LogP contribution in [0, 0.1) is 5.92 Å². The number of benzene rings is 1. The predicted molar refractivity (Wildman–Crippen MR) is 73.4 cm³/mol. The molecule has 0 saturated heterocycles. The number of hydrogen-bond donors (Lipinski definition) is 0. The average Bonchev–Trinajstić information content (AvgIpc) is 2.39. The average molecular weight is 300 g/mol. The van der Waals surface area contributed by atoms with Gasteiger partial charge in [0.05, 0.1) is 0 Å². The summed E-state index contributed by atoms with van der Waals surface area (Å²) in [6.07, 6.45) is -3.72. The van der Waals surface area contributed by atoms with Gasteiger partial charge in [-0.05, 0) is 43.2 Å². The number of carbonyl (C=O) groups is 1. The SMILES string of the molecule is CC(=O)C1CCC(Sc2ccccc2)=C(C(F)(F)F)C1. The Balaban J connectivity index is 2.28. The van der Waals surface area contributed by atoms with Crippen LogP contribution < -0.4 is 0 Å². The van der Waals surface area contributed by atoms with Gasteiger partial charge in [0.25, 0.3) is 0 Å². The van der Waals surface area contributed by atoms with E-state index in [9.17, 15) is 18.0 Å². The van der Waals surface area contributed by atoms with Crippen LogP contribution in [0.25, 0.3) is 0 Å². The molecule has 1 aromatic carbocycles. The fraction of sp³-hybridized carbons (Fsp3) is 0.400. The lowest BCUT2D eigenvalue weighted by Crippen LogP contribution is -2.24. The van der Waals surface area contributed by atoms with Crippen molar-refractivity contribution < 1.29 is 18.0 Å². The summed E-state index contributed by atoms with van der Waals surface area (Å²) in [4.78, 5) is 12.5. The van der Waals surface area contributed by atoms with Gasteiger partial charge in [0, 0.05) is 16.4 Å². The molecule has 2 rings (SSSR count). The molecular formula is C15H15F3OS. The Hall–Kier alpha value is -1.23. The molecule has 1 aliphatic carbocycles. The maximum atomic E-state index is 13.1. The first kappa shape index (κ1) is 15.2. The summed E-state index contributed by atoms with van der Waals surface area (Å²) in [5.74, 6) is -0.651. The molecule has 0 amide bonds. The molecule has 1 aliphatic rings. The first-order valence-electron chi connectivity index (χ1n) is 6.40. The molecule has 1 unspecified atom stereocenters. The van der Waals surface area contributed by atoms with Crippen molar-refractivity contribution >= 4 is 17.5 Å². The highest BCUT2D eigenvalue weighted by Gasteiger charge is 2.40. The number of carbonyl (C=O) groups excluding carboxylic acids is 1. The van der Waals surface area contributed by atoms with Gasteiger partial charge in [-0.3, -0.25) is 4.79 Å². The Labute approximate surface area is 120 Å². The van der Waals surface area contributed by atoms with Crippen molar-refractivity contribution in [2.75, 3.05) is 0 Å². The lowest BCUT2D eigenvalue weighted by Gasteiger charge is -2.26. The second kappa shape index (κ2) is 6.04. The van der Waals surface area contributed by atoms with Gasteiger partial charge in [-0.1, -0.05) is 30.0 Å². The molecule has 0 bridgehead atoms. The van der Waals surface area contributed by atoms with Gasteiger partial charge in [-0.2, -0.15) is 13.2 Å². The van der Waals surface area contributed by atoms with Gasteiger partial charge in [0.2, 0.25) is 0 Å². The van der Waals surface area contributed by atoms with Crippen LogP contribution >= 0.6 is 11.8 Å². The summed E-state index contributed by atoms with van der Waals surface area (Å²) in [6.45, 7) is 1.37. The van der Waals surface area contributed by atoms with E-state index in [2.05, 4.69) is 0 Å². The molecule has 5 heteroatoms.